The van der Waals surface area contributed by atoms with Gasteiger partial charge in [0.2, 0.25) is 0 Å². The zero-order valence-corrected chi connectivity index (χ0v) is 16.6. The molecule has 0 saturated carbocycles. The van der Waals surface area contributed by atoms with Crippen LogP contribution in [0.25, 0.3) is 0 Å². The van der Waals surface area contributed by atoms with Crippen LogP contribution in [0.4, 0.5) is 0 Å². The van der Waals surface area contributed by atoms with Crippen molar-refractivity contribution in [2.24, 2.45) is 0 Å². The number of hydrogen-bond donors (Lipinski definition) is 1. The first-order chi connectivity index (χ1) is 10.5. The highest BCUT2D eigenvalue weighted by Gasteiger charge is 2.38. The Bertz CT molecular complexity index is 277. The van der Waals surface area contributed by atoms with E-state index in [0.29, 0.717) is 18.9 Å². The molecule has 0 aliphatic rings. The maximum Gasteiger partial charge on any atom is 0.500 e. The highest BCUT2D eigenvalue weighted by Crippen LogP contribution is 2.20. The molecule has 0 fully saturated rings. The van der Waals surface area contributed by atoms with Crippen LogP contribution in [-0.4, -0.2) is 41.2 Å². The molecule has 0 aliphatic heterocycles. The fraction of sp³-hybridized carbons (Fsp3) is 0.938. The minimum Gasteiger partial charge on any atom is -0.377 e. The molecule has 0 spiro atoms. The Morgan fingerprint density at radius 1 is 0.955 bits per heavy atom. The first-order valence-corrected chi connectivity index (χ1v) is 10.9. The standard InChI is InChI=1S/C16H34O4SSi/c1-5-6-7-8-9-10-11-12-15(17)16(21)13-14-22(18-2,19-3)20-4/h16,21H,5-14H2,1-4H3. The number of carbonyl (C=O) groups is 1. The number of thiol groups is 1. The van der Waals surface area contributed by atoms with E-state index in [0.717, 1.165) is 12.8 Å². The number of Topliss-reactive ketones (excluding diaryl/α,β-unsaturated/α-hetero) is 1. The minimum atomic E-state index is -2.58. The molecule has 1 unspecified atom stereocenters. The SMILES string of the molecule is CCCCCCCCCC(=O)C(S)CC[Si](OC)(OC)OC. The monoisotopic (exact) mass is 350 g/mol. The van der Waals surface area contributed by atoms with Gasteiger partial charge in [0.25, 0.3) is 0 Å². The quantitative estimate of drug-likeness (QED) is 0.272. The average Bonchev–Trinajstić information content (AvgIpc) is 2.55. The molecule has 0 rings (SSSR count). The highest BCUT2D eigenvalue weighted by atomic mass is 32.1. The molecule has 0 amide bonds. The largest absolute Gasteiger partial charge is 0.500 e. The summed E-state index contributed by atoms with van der Waals surface area (Å²) in [5.74, 6) is 0.225. The molecule has 0 bridgehead atoms. The van der Waals surface area contributed by atoms with Crippen molar-refractivity contribution in [2.75, 3.05) is 21.3 Å². The smallest absolute Gasteiger partial charge is 0.377 e. The Labute approximate surface area is 143 Å². The normalized spacial score (nSPS) is 13.3. The van der Waals surface area contributed by atoms with E-state index in [9.17, 15) is 4.79 Å². The molecule has 0 heterocycles. The maximum atomic E-state index is 12.1. The van der Waals surface area contributed by atoms with Crippen molar-refractivity contribution < 1.29 is 18.1 Å². The van der Waals surface area contributed by atoms with Crippen molar-refractivity contribution in [2.45, 2.75) is 76.0 Å². The van der Waals surface area contributed by atoms with Crippen LogP contribution in [-0.2, 0) is 18.1 Å². The van der Waals surface area contributed by atoms with Crippen LogP contribution in [0, 0.1) is 0 Å². The van der Waals surface area contributed by atoms with Crippen LogP contribution in [0.5, 0.6) is 0 Å². The predicted octanol–water partition coefficient (Wildman–Crippen LogP) is 4.26. The van der Waals surface area contributed by atoms with Crippen LogP contribution in [0.3, 0.4) is 0 Å². The first-order valence-electron chi connectivity index (χ1n) is 8.41. The molecule has 6 heteroatoms. The van der Waals surface area contributed by atoms with Gasteiger partial charge in [-0.15, -0.1) is 0 Å². The van der Waals surface area contributed by atoms with E-state index in [1.54, 1.807) is 21.3 Å². The summed E-state index contributed by atoms with van der Waals surface area (Å²) in [6.45, 7) is 2.22. The van der Waals surface area contributed by atoms with Gasteiger partial charge in [0.05, 0.1) is 5.25 Å². The Kier molecular flexibility index (Phi) is 13.6. The molecule has 0 aromatic heterocycles. The van der Waals surface area contributed by atoms with Crippen LogP contribution < -0.4 is 0 Å². The van der Waals surface area contributed by atoms with Crippen molar-refractivity contribution in [1.82, 2.24) is 0 Å². The third-order valence-electron chi connectivity index (χ3n) is 4.06. The van der Waals surface area contributed by atoms with Gasteiger partial charge in [0.15, 0.2) is 0 Å². The lowest BCUT2D eigenvalue weighted by Gasteiger charge is -2.25. The number of rotatable bonds is 15. The molecule has 22 heavy (non-hydrogen) atoms. The number of ketones is 1. The van der Waals surface area contributed by atoms with E-state index in [1.807, 2.05) is 0 Å². The van der Waals surface area contributed by atoms with Crippen LogP contribution in [0.1, 0.15) is 64.7 Å². The van der Waals surface area contributed by atoms with E-state index in [1.165, 1.54) is 32.1 Å². The number of unbranched alkanes of at least 4 members (excludes halogenated alkanes) is 6. The number of hydrogen-bond acceptors (Lipinski definition) is 5. The van der Waals surface area contributed by atoms with Gasteiger partial charge in [-0.1, -0.05) is 45.4 Å². The zero-order chi connectivity index (χ0) is 16.8. The first kappa shape index (κ1) is 22.1. The van der Waals surface area contributed by atoms with Crippen molar-refractivity contribution in [3.63, 3.8) is 0 Å². The van der Waals surface area contributed by atoms with Gasteiger partial charge in [0.1, 0.15) is 5.78 Å². The molecule has 0 aliphatic carbocycles. The summed E-state index contributed by atoms with van der Waals surface area (Å²) >= 11 is 4.43. The molecule has 0 aromatic rings. The zero-order valence-electron chi connectivity index (χ0n) is 14.7. The van der Waals surface area contributed by atoms with E-state index >= 15 is 0 Å². The van der Waals surface area contributed by atoms with Gasteiger partial charge >= 0.3 is 8.80 Å². The average molecular weight is 351 g/mol. The minimum absolute atomic E-state index is 0.225. The third kappa shape index (κ3) is 9.30. The van der Waals surface area contributed by atoms with Crippen LogP contribution in [0.15, 0.2) is 0 Å². The van der Waals surface area contributed by atoms with E-state index < -0.39 is 8.80 Å². The molecule has 4 nitrogen and oxygen atoms in total. The lowest BCUT2D eigenvalue weighted by Crippen LogP contribution is -2.43. The Morgan fingerprint density at radius 3 is 1.95 bits per heavy atom. The van der Waals surface area contributed by atoms with Crippen LogP contribution in [0.2, 0.25) is 6.04 Å². The van der Waals surface area contributed by atoms with Gasteiger partial charge in [-0.3, -0.25) is 4.79 Å². The van der Waals surface area contributed by atoms with Gasteiger partial charge in [-0.2, -0.15) is 12.6 Å². The Balaban J connectivity index is 3.83. The maximum absolute atomic E-state index is 12.1. The summed E-state index contributed by atoms with van der Waals surface area (Å²) in [4.78, 5) is 12.1. The Hall–Kier alpha value is 0.117. The molecule has 132 valence electrons. The molecule has 1 atom stereocenters. The summed E-state index contributed by atoms with van der Waals surface area (Å²) < 4.78 is 16.1. The lowest BCUT2D eigenvalue weighted by atomic mass is 10.0. The van der Waals surface area contributed by atoms with Crippen molar-refractivity contribution >= 4 is 27.2 Å². The van der Waals surface area contributed by atoms with Crippen molar-refractivity contribution in [3.05, 3.63) is 0 Å². The Morgan fingerprint density at radius 2 is 1.45 bits per heavy atom. The summed E-state index contributed by atoms with van der Waals surface area (Å²) in [6.07, 6.45) is 9.82. The molecular formula is C16H34O4SSi. The van der Waals surface area contributed by atoms with Crippen molar-refractivity contribution in [3.8, 4) is 0 Å². The van der Waals surface area contributed by atoms with Crippen LogP contribution >= 0.6 is 12.6 Å². The summed E-state index contributed by atoms with van der Waals surface area (Å²) in [6, 6.07) is 0.618. The molecule has 0 saturated heterocycles. The van der Waals surface area contributed by atoms with Gasteiger partial charge in [-0.05, 0) is 12.8 Å². The summed E-state index contributed by atoms with van der Waals surface area (Å²) in [5.41, 5.74) is 0. The van der Waals surface area contributed by atoms with Gasteiger partial charge in [0, 0.05) is 33.8 Å². The molecular weight excluding hydrogens is 316 g/mol. The lowest BCUT2D eigenvalue weighted by molar-refractivity contribution is -0.118. The van der Waals surface area contributed by atoms with Gasteiger partial charge in [-0.25, -0.2) is 0 Å². The van der Waals surface area contributed by atoms with Gasteiger partial charge < -0.3 is 13.3 Å². The molecule has 0 N–H and O–H groups in total. The summed E-state index contributed by atoms with van der Waals surface area (Å²) in [5, 5.41) is -0.243. The fourth-order valence-corrected chi connectivity index (χ4v) is 4.71. The number of carbonyl (C=O) groups excluding carboxylic acids is 1. The third-order valence-corrected chi connectivity index (χ3v) is 7.37. The van der Waals surface area contributed by atoms with E-state index in [4.69, 9.17) is 13.3 Å². The van der Waals surface area contributed by atoms with E-state index in [-0.39, 0.29) is 11.0 Å². The van der Waals surface area contributed by atoms with Crippen molar-refractivity contribution in [1.29, 1.82) is 0 Å². The second-order valence-corrected chi connectivity index (χ2v) is 9.40. The highest BCUT2D eigenvalue weighted by molar-refractivity contribution is 7.81. The molecule has 0 radical (unpaired) electrons. The topological polar surface area (TPSA) is 44.8 Å². The predicted molar refractivity (Wildman–Crippen MR) is 96.6 cm³/mol. The second kappa shape index (κ2) is 13.5. The second-order valence-electron chi connectivity index (χ2n) is 5.69. The molecule has 0 aromatic carbocycles. The fourth-order valence-electron chi connectivity index (χ4n) is 2.45. The summed E-state index contributed by atoms with van der Waals surface area (Å²) in [7, 11) is 2.19. The van der Waals surface area contributed by atoms with E-state index in [2.05, 4.69) is 19.6 Å².